The van der Waals surface area contributed by atoms with Gasteiger partial charge >= 0.3 is 0 Å². The number of fused-ring (bicyclic) bond motifs is 7. The summed E-state index contributed by atoms with van der Waals surface area (Å²) in [4.78, 5) is 14.1. The van der Waals surface area contributed by atoms with Crippen LogP contribution in [0.25, 0.3) is 0 Å². The van der Waals surface area contributed by atoms with E-state index in [0.29, 0.717) is 36.1 Å². The summed E-state index contributed by atoms with van der Waals surface area (Å²) in [7, 11) is 0. The Balaban J connectivity index is 1.77. The average Bonchev–Trinajstić information content (AvgIpc) is 2.92. The fourth-order valence-electron chi connectivity index (χ4n) is 4.25. The molecule has 3 heteroatoms. The van der Waals surface area contributed by atoms with Crippen molar-refractivity contribution in [2.24, 2.45) is 17.8 Å². The van der Waals surface area contributed by atoms with E-state index in [4.69, 9.17) is 4.74 Å². The van der Waals surface area contributed by atoms with Gasteiger partial charge in [-0.05, 0) is 25.2 Å². The summed E-state index contributed by atoms with van der Waals surface area (Å²) in [6, 6.07) is 0.434. The molecule has 0 aromatic rings. The number of hydrogen-bond acceptors (Lipinski definition) is 2. The molecule has 4 aliphatic rings. The van der Waals surface area contributed by atoms with Gasteiger partial charge in [0.05, 0.1) is 6.61 Å². The molecule has 3 nitrogen and oxygen atoms in total. The molecule has 4 rings (SSSR count). The third-order valence-corrected chi connectivity index (χ3v) is 5.04. The summed E-state index contributed by atoms with van der Waals surface area (Å²) in [6.45, 7) is 2.93. The second kappa shape index (κ2) is 2.70. The maximum atomic E-state index is 12.1. The third kappa shape index (κ3) is 0.915. The molecule has 2 saturated heterocycles. The molecule has 0 spiro atoms. The van der Waals surface area contributed by atoms with Gasteiger partial charge in [-0.15, -0.1) is 0 Å². The fraction of sp³-hybridized carbons (Fsp3) is 0.769. The van der Waals surface area contributed by atoms with Crippen LogP contribution in [-0.4, -0.2) is 29.2 Å². The Morgan fingerprint density at radius 3 is 3.12 bits per heavy atom. The highest BCUT2D eigenvalue weighted by molar-refractivity contribution is 5.80. The zero-order valence-corrected chi connectivity index (χ0v) is 9.56. The summed E-state index contributed by atoms with van der Waals surface area (Å²) in [5.41, 5.74) is -0.295. The molecule has 2 aliphatic heterocycles. The predicted octanol–water partition coefficient (Wildman–Crippen LogP) is 1.55. The van der Waals surface area contributed by atoms with Crippen LogP contribution in [0.3, 0.4) is 0 Å². The molecule has 2 bridgehead atoms. The molecule has 16 heavy (non-hydrogen) atoms. The third-order valence-electron chi connectivity index (χ3n) is 5.04. The van der Waals surface area contributed by atoms with Crippen molar-refractivity contribution in [3.63, 3.8) is 0 Å². The van der Waals surface area contributed by atoms with Crippen molar-refractivity contribution in [2.75, 3.05) is 6.61 Å². The summed E-state index contributed by atoms with van der Waals surface area (Å²) in [6.07, 6.45) is 7.43. The van der Waals surface area contributed by atoms with Crippen molar-refractivity contribution in [3.05, 3.63) is 12.2 Å². The maximum Gasteiger partial charge on any atom is 0.225 e. The summed E-state index contributed by atoms with van der Waals surface area (Å²) in [5, 5.41) is 0. The van der Waals surface area contributed by atoms with E-state index in [1.54, 1.807) is 0 Å². The van der Waals surface area contributed by atoms with Crippen LogP contribution in [0.5, 0.6) is 0 Å². The van der Waals surface area contributed by atoms with E-state index in [1.165, 1.54) is 6.42 Å². The molecule has 2 aliphatic carbocycles. The van der Waals surface area contributed by atoms with Gasteiger partial charge in [-0.25, -0.2) is 0 Å². The van der Waals surface area contributed by atoms with Gasteiger partial charge in [0.25, 0.3) is 0 Å². The summed E-state index contributed by atoms with van der Waals surface area (Å²) < 4.78 is 6.00. The average molecular weight is 219 g/mol. The molecule has 0 aromatic carbocycles. The molecule has 0 unspecified atom stereocenters. The minimum absolute atomic E-state index is 0.295. The minimum Gasteiger partial charge on any atom is -0.355 e. The van der Waals surface area contributed by atoms with E-state index in [2.05, 4.69) is 24.0 Å². The number of carbonyl (C=O) groups excluding carboxylic acids is 1. The van der Waals surface area contributed by atoms with Crippen molar-refractivity contribution in [2.45, 2.75) is 38.0 Å². The van der Waals surface area contributed by atoms with Crippen LogP contribution in [-0.2, 0) is 9.53 Å². The first-order chi connectivity index (χ1) is 7.69. The zero-order valence-electron chi connectivity index (χ0n) is 9.56. The Bertz CT molecular complexity index is 391. The monoisotopic (exact) mass is 219 g/mol. The highest BCUT2D eigenvalue weighted by Crippen LogP contribution is 2.53. The second-order valence-electron chi connectivity index (χ2n) is 5.85. The van der Waals surface area contributed by atoms with Crippen LogP contribution in [0.1, 0.15) is 26.2 Å². The smallest absolute Gasteiger partial charge is 0.225 e. The highest BCUT2D eigenvalue weighted by Gasteiger charge is 2.58. The number of amides is 1. The van der Waals surface area contributed by atoms with E-state index in [9.17, 15) is 4.79 Å². The SMILES string of the molecule is C[C@@]12CCC(=O)N1[C@H]1[C@@H](CO2)[C@@H]2C=C[C@H]1C2. The highest BCUT2D eigenvalue weighted by atomic mass is 16.5. The molecule has 86 valence electrons. The van der Waals surface area contributed by atoms with Crippen molar-refractivity contribution in [1.29, 1.82) is 0 Å². The van der Waals surface area contributed by atoms with Crippen molar-refractivity contribution in [3.8, 4) is 0 Å². The lowest BCUT2D eigenvalue weighted by atomic mass is 9.86. The van der Waals surface area contributed by atoms with Gasteiger partial charge in [-0.3, -0.25) is 4.79 Å². The van der Waals surface area contributed by atoms with Crippen molar-refractivity contribution in [1.82, 2.24) is 4.90 Å². The second-order valence-corrected chi connectivity index (χ2v) is 5.85. The Labute approximate surface area is 95.4 Å². The van der Waals surface area contributed by atoms with Crippen molar-refractivity contribution < 1.29 is 9.53 Å². The first-order valence-electron chi connectivity index (χ1n) is 6.33. The predicted molar refractivity (Wildman–Crippen MR) is 58.5 cm³/mol. The Hall–Kier alpha value is -0.830. The van der Waals surface area contributed by atoms with E-state index >= 15 is 0 Å². The number of hydrogen-bond donors (Lipinski definition) is 0. The van der Waals surface area contributed by atoms with Crippen molar-refractivity contribution >= 4 is 5.91 Å². The lowest BCUT2D eigenvalue weighted by Crippen LogP contribution is -2.60. The Morgan fingerprint density at radius 2 is 2.25 bits per heavy atom. The van der Waals surface area contributed by atoms with Crippen LogP contribution < -0.4 is 0 Å². The minimum atomic E-state index is -0.295. The van der Waals surface area contributed by atoms with Gasteiger partial charge in [0.1, 0.15) is 5.72 Å². The number of carbonyl (C=O) groups is 1. The van der Waals surface area contributed by atoms with Gasteiger partial charge in [-0.2, -0.15) is 0 Å². The molecule has 3 fully saturated rings. The first kappa shape index (κ1) is 9.23. The molecule has 0 radical (unpaired) electrons. The molecule has 1 amide bonds. The van der Waals surface area contributed by atoms with Gasteiger partial charge in [0.15, 0.2) is 0 Å². The zero-order chi connectivity index (χ0) is 10.9. The quantitative estimate of drug-likeness (QED) is 0.578. The van der Waals surface area contributed by atoms with Gasteiger partial charge in [-0.1, -0.05) is 12.2 Å². The molecule has 1 saturated carbocycles. The lowest BCUT2D eigenvalue weighted by molar-refractivity contribution is -0.203. The first-order valence-corrected chi connectivity index (χ1v) is 6.33. The summed E-state index contributed by atoms with van der Waals surface area (Å²) in [5.74, 6) is 2.12. The van der Waals surface area contributed by atoms with Gasteiger partial charge in [0, 0.05) is 24.8 Å². The standard InChI is InChI=1S/C13H17NO2/c1-13-5-4-11(15)14(13)12-9-3-2-8(6-9)10(12)7-16-13/h2-3,8-10,12H,4-7H2,1H3/t8-,9+,10+,12-,13-/m1/s1. The number of allylic oxidation sites excluding steroid dienone is 1. The maximum absolute atomic E-state index is 12.1. The number of rotatable bonds is 0. The fourth-order valence-corrected chi connectivity index (χ4v) is 4.25. The van der Waals surface area contributed by atoms with E-state index < -0.39 is 0 Å². The van der Waals surface area contributed by atoms with Crippen LogP contribution in [0.4, 0.5) is 0 Å². The van der Waals surface area contributed by atoms with Gasteiger partial charge in [0.2, 0.25) is 5.91 Å². The Morgan fingerprint density at radius 1 is 1.44 bits per heavy atom. The topological polar surface area (TPSA) is 29.5 Å². The van der Waals surface area contributed by atoms with E-state index in [-0.39, 0.29) is 5.72 Å². The van der Waals surface area contributed by atoms with Crippen LogP contribution in [0.2, 0.25) is 0 Å². The molecule has 0 N–H and O–H groups in total. The lowest BCUT2D eigenvalue weighted by Gasteiger charge is -2.49. The number of nitrogens with zero attached hydrogens (tertiary/aromatic N) is 1. The van der Waals surface area contributed by atoms with Crippen LogP contribution in [0, 0.1) is 17.8 Å². The van der Waals surface area contributed by atoms with Crippen LogP contribution >= 0.6 is 0 Å². The van der Waals surface area contributed by atoms with Gasteiger partial charge < -0.3 is 9.64 Å². The normalized spacial score (nSPS) is 53.3. The van der Waals surface area contributed by atoms with E-state index in [0.717, 1.165) is 13.0 Å². The largest absolute Gasteiger partial charge is 0.355 e. The molecular weight excluding hydrogens is 202 g/mol. The summed E-state index contributed by atoms with van der Waals surface area (Å²) >= 11 is 0. The molecule has 5 atom stereocenters. The molecule has 0 aromatic heterocycles. The van der Waals surface area contributed by atoms with E-state index in [1.807, 2.05) is 0 Å². The van der Waals surface area contributed by atoms with Crippen LogP contribution in [0.15, 0.2) is 12.2 Å². The number of ether oxygens (including phenoxy) is 1. The molecular formula is C13H17NO2. The Kier molecular flexibility index (Phi) is 1.56. The molecule has 2 heterocycles.